The number of methoxy groups -OCH3 is 1. The van der Waals surface area contributed by atoms with Crippen LogP contribution in [-0.2, 0) is 30.8 Å². The molecule has 1 N–H and O–H groups in total. The van der Waals surface area contributed by atoms with E-state index in [4.69, 9.17) is 23.7 Å². The van der Waals surface area contributed by atoms with Crippen molar-refractivity contribution in [2.45, 2.75) is 37.0 Å². The number of nitrogens with zero attached hydrogens (tertiary/aromatic N) is 4. The monoisotopic (exact) mass is 760 g/mol. The fraction of sp³-hybridized carbons (Fsp3) is 0.385. The number of hydrogen-bond donors (Lipinski definition) is 1. The van der Waals surface area contributed by atoms with Gasteiger partial charge in [0.1, 0.15) is 5.75 Å². The highest BCUT2D eigenvalue weighted by Gasteiger charge is 2.34. The van der Waals surface area contributed by atoms with Crippen LogP contribution in [0.1, 0.15) is 35.2 Å². The van der Waals surface area contributed by atoms with E-state index in [9.17, 15) is 23.1 Å². The van der Waals surface area contributed by atoms with Crippen LogP contribution in [0.5, 0.6) is 17.2 Å². The lowest BCUT2D eigenvalue weighted by molar-refractivity contribution is -0.153. The Morgan fingerprint density at radius 2 is 1.72 bits per heavy atom. The highest BCUT2D eigenvalue weighted by atomic mass is 32.2. The van der Waals surface area contributed by atoms with E-state index < -0.39 is 16.3 Å². The van der Waals surface area contributed by atoms with E-state index in [1.165, 1.54) is 26.2 Å². The van der Waals surface area contributed by atoms with Crippen LogP contribution in [0, 0.1) is 0 Å². The molecule has 54 heavy (non-hydrogen) atoms. The van der Waals surface area contributed by atoms with Gasteiger partial charge >= 0.3 is 0 Å². The molecule has 4 heterocycles. The first-order valence-corrected chi connectivity index (χ1v) is 19.3. The van der Waals surface area contributed by atoms with Crippen LogP contribution in [-0.4, -0.2) is 117 Å². The second-order valence-corrected chi connectivity index (χ2v) is 15.3. The zero-order valence-electron chi connectivity index (χ0n) is 30.3. The number of benzene rings is 3. The third kappa shape index (κ3) is 7.95. The molecule has 1 fully saturated rings. The minimum absolute atomic E-state index is 0.0550. The summed E-state index contributed by atoms with van der Waals surface area (Å²) < 4.78 is 58.3. The quantitative estimate of drug-likeness (QED) is 0.212. The molecule has 0 aliphatic carbocycles. The largest absolute Gasteiger partial charge is 0.497 e. The average Bonchev–Trinajstić information content (AvgIpc) is 3.83. The number of hydrogen-bond acceptors (Lipinski definition) is 11. The van der Waals surface area contributed by atoms with Crippen molar-refractivity contribution in [3.05, 3.63) is 95.9 Å². The molecule has 0 spiro atoms. The molecule has 0 radical (unpaired) electrons. The summed E-state index contributed by atoms with van der Waals surface area (Å²) in [6, 6.07) is 19.5. The number of allylic oxidation sites excluding steroid dienone is 1. The molecule has 3 aliphatic rings. The molecular weight excluding hydrogens is 717 g/mol. The fourth-order valence-electron chi connectivity index (χ4n) is 7.10. The molecule has 15 heteroatoms. The number of aromatic nitrogens is 1. The molecular formula is C39H44N4O10S. The van der Waals surface area contributed by atoms with Gasteiger partial charge in [-0.2, -0.15) is 4.31 Å². The molecule has 3 aromatic carbocycles. The molecule has 286 valence electrons. The molecule has 0 unspecified atom stereocenters. The molecule has 2 atom stereocenters. The van der Waals surface area contributed by atoms with Crippen molar-refractivity contribution in [2.24, 2.45) is 0 Å². The second-order valence-electron chi connectivity index (χ2n) is 13.3. The predicted molar refractivity (Wildman–Crippen MR) is 198 cm³/mol. The zero-order valence-corrected chi connectivity index (χ0v) is 31.1. The van der Waals surface area contributed by atoms with Gasteiger partial charge in [-0.15, -0.1) is 0 Å². The van der Waals surface area contributed by atoms with Crippen LogP contribution in [0.4, 0.5) is 0 Å². The molecule has 0 saturated carbocycles. The molecule has 7 rings (SSSR count). The Balaban J connectivity index is 1.07. The number of aliphatic hydroxyl groups is 1. The maximum Gasteiger partial charge on any atom is 0.288 e. The van der Waals surface area contributed by atoms with Crippen LogP contribution in [0.15, 0.2) is 89.7 Å². The SMILES string of the molecule is COc1ccc(S(=O)(=O)N(CCO)CCO[C@H]2C[C@@H](c3cn(C(C)=O)c4ccccc34)C=C(C(=O)N3CCN(Cc4ccc5c(c4)OCO5)CC3)O2)cc1. The van der Waals surface area contributed by atoms with E-state index in [1.807, 2.05) is 42.5 Å². The summed E-state index contributed by atoms with van der Waals surface area (Å²) >= 11 is 0. The third-order valence-electron chi connectivity index (χ3n) is 9.94. The van der Waals surface area contributed by atoms with Gasteiger partial charge in [0.25, 0.3) is 5.91 Å². The first-order chi connectivity index (χ1) is 26.1. The smallest absolute Gasteiger partial charge is 0.288 e. The van der Waals surface area contributed by atoms with Crippen LogP contribution in [0.3, 0.4) is 0 Å². The number of amides is 1. The van der Waals surface area contributed by atoms with E-state index in [1.54, 1.807) is 33.9 Å². The van der Waals surface area contributed by atoms with Crippen molar-refractivity contribution in [1.29, 1.82) is 0 Å². The summed E-state index contributed by atoms with van der Waals surface area (Å²) in [4.78, 5) is 30.8. The maximum atomic E-state index is 14.1. The molecule has 1 aromatic heterocycles. The van der Waals surface area contributed by atoms with E-state index in [-0.39, 0.29) is 61.5 Å². The lowest BCUT2D eigenvalue weighted by Gasteiger charge is -2.36. The van der Waals surface area contributed by atoms with Crippen molar-refractivity contribution < 1.29 is 46.8 Å². The number of sulfonamides is 1. The summed E-state index contributed by atoms with van der Waals surface area (Å²) in [6.07, 6.45) is 3.03. The lowest BCUT2D eigenvalue weighted by atomic mass is 9.92. The summed E-state index contributed by atoms with van der Waals surface area (Å²) in [5.74, 6) is 1.37. The maximum absolute atomic E-state index is 14.1. The third-order valence-corrected chi connectivity index (χ3v) is 11.9. The summed E-state index contributed by atoms with van der Waals surface area (Å²) in [5, 5.41) is 10.6. The topological polar surface area (TPSA) is 149 Å². The second kappa shape index (κ2) is 16.2. The van der Waals surface area contributed by atoms with E-state index in [2.05, 4.69) is 4.90 Å². The van der Waals surface area contributed by atoms with Crippen LogP contribution in [0.25, 0.3) is 10.9 Å². The molecule has 14 nitrogen and oxygen atoms in total. The molecule has 1 amide bonds. The van der Waals surface area contributed by atoms with Gasteiger partial charge in [0, 0.05) is 76.7 Å². The van der Waals surface area contributed by atoms with E-state index in [0.29, 0.717) is 44.9 Å². The Hall–Kier alpha value is -4.93. The first kappa shape index (κ1) is 37.4. The molecule has 1 saturated heterocycles. The number of carbonyl (C=O) groups is 2. The van der Waals surface area contributed by atoms with Gasteiger partial charge in [0.15, 0.2) is 17.3 Å². The number of carbonyl (C=O) groups excluding carboxylic acids is 2. The van der Waals surface area contributed by atoms with Crippen molar-refractivity contribution in [3.8, 4) is 17.2 Å². The Bertz CT molecular complexity index is 2130. The predicted octanol–water partition coefficient (Wildman–Crippen LogP) is 3.80. The molecule has 4 aromatic rings. The minimum Gasteiger partial charge on any atom is -0.497 e. The average molecular weight is 761 g/mol. The summed E-state index contributed by atoms with van der Waals surface area (Å²) in [5.41, 5.74) is 2.70. The van der Waals surface area contributed by atoms with Crippen LogP contribution >= 0.6 is 0 Å². The molecule has 0 bridgehead atoms. The fourth-order valence-corrected chi connectivity index (χ4v) is 8.51. The Labute approximate surface area is 314 Å². The van der Waals surface area contributed by atoms with Gasteiger partial charge < -0.3 is 33.7 Å². The summed E-state index contributed by atoms with van der Waals surface area (Å²) in [6.45, 7) is 4.06. The van der Waals surface area contributed by atoms with Crippen molar-refractivity contribution in [1.82, 2.24) is 18.7 Å². The van der Waals surface area contributed by atoms with Gasteiger partial charge in [-0.05, 0) is 59.7 Å². The van der Waals surface area contributed by atoms with Gasteiger partial charge in [-0.1, -0.05) is 24.3 Å². The normalized spacial score (nSPS) is 18.8. The van der Waals surface area contributed by atoms with E-state index in [0.717, 1.165) is 37.8 Å². The Morgan fingerprint density at radius 3 is 2.46 bits per heavy atom. The minimum atomic E-state index is -3.97. The number of fused-ring (bicyclic) bond motifs is 2. The highest BCUT2D eigenvalue weighted by molar-refractivity contribution is 7.89. The number of para-hydroxylation sites is 1. The number of ether oxygens (including phenoxy) is 5. The number of piperazine rings is 1. The van der Waals surface area contributed by atoms with Crippen molar-refractivity contribution in [3.63, 3.8) is 0 Å². The standard InChI is InChI=1S/C39H44N4O10S/c1-27(45)43-25-33(32-5-3-4-6-34(32)43)29-22-37(39(46)41-15-13-40(14-16-41)24-28-7-12-35-36(21-28)52-26-51-35)53-38(23-29)50-20-18-42(17-19-44)54(47,48)31-10-8-30(49-2)9-11-31/h3-12,21-22,25,29,38,44H,13-20,23-24,26H2,1-2H3/t29-,38+/m0/s1. The van der Waals surface area contributed by atoms with Gasteiger partial charge in [-0.25, -0.2) is 8.42 Å². The van der Waals surface area contributed by atoms with Gasteiger partial charge in [0.05, 0.1) is 30.7 Å². The molecule has 3 aliphatic heterocycles. The summed E-state index contributed by atoms with van der Waals surface area (Å²) in [7, 11) is -2.47. The van der Waals surface area contributed by atoms with Crippen LogP contribution in [0.2, 0.25) is 0 Å². The van der Waals surface area contributed by atoms with Gasteiger partial charge in [-0.3, -0.25) is 19.1 Å². The van der Waals surface area contributed by atoms with Crippen LogP contribution < -0.4 is 14.2 Å². The van der Waals surface area contributed by atoms with Crippen molar-refractivity contribution in [2.75, 3.05) is 66.4 Å². The number of aliphatic hydroxyl groups excluding tert-OH is 1. The van der Waals surface area contributed by atoms with Gasteiger partial charge in [0.2, 0.25) is 29.0 Å². The highest BCUT2D eigenvalue weighted by Crippen LogP contribution is 2.37. The number of rotatable bonds is 13. The Morgan fingerprint density at radius 1 is 0.963 bits per heavy atom. The van der Waals surface area contributed by atoms with Crippen molar-refractivity contribution >= 4 is 32.7 Å². The lowest BCUT2D eigenvalue weighted by Crippen LogP contribution is -2.49. The van der Waals surface area contributed by atoms with E-state index >= 15 is 0 Å². The first-order valence-electron chi connectivity index (χ1n) is 17.9. The Kier molecular flexibility index (Phi) is 11.2. The zero-order chi connectivity index (χ0) is 37.8.